The highest BCUT2D eigenvalue weighted by Gasteiger charge is 2.29. The minimum Gasteiger partial charge on any atom is -0.493 e. The molecule has 2 N–H and O–H groups in total. The van der Waals surface area contributed by atoms with Gasteiger partial charge in [0.25, 0.3) is 17.5 Å². The van der Waals surface area contributed by atoms with Gasteiger partial charge in [0, 0.05) is 11.6 Å². The molecule has 0 aliphatic rings. The zero-order chi connectivity index (χ0) is 24.6. The van der Waals surface area contributed by atoms with Crippen LogP contribution in [0.2, 0.25) is 0 Å². The Hall–Kier alpha value is -4.03. The molecule has 0 heterocycles. The molecule has 13 heteroatoms. The van der Waals surface area contributed by atoms with Crippen LogP contribution in [0.25, 0.3) is 0 Å². The molecule has 0 bridgehead atoms. The maximum atomic E-state index is 12.4. The van der Waals surface area contributed by atoms with E-state index in [2.05, 4.69) is 10.2 Å². The van der Waals surface area contributed by atoms with Crippen LogP contribution in [0.5, 0.6) is 17.2 Å². The van der Waals surface area contributed by atoms with E-state index in [1.54, 1.807) is 0 Å². The lowest BCUT2D eigenvalue weighted by molar-refractivity contribution is -0.385. The van der Waals surface area contributed by atoms with Crippen LogP contribution in [0.4, 0.5) is 18.9 Å². The summed E-state index contributed by atoms with van der Waals surface area (Å²) in [5.41, 5.74) is 2.83. The van der Waals surface area contributed by atoms with Crippen molar-refractivity contribution in [3.8, 4) is 17.2 Å². The molecule has 2 aromatic carbocycles. The highest BCUT2D eigenvalue weighted by Crippen LogP contribution is 2.28. The van der Waals surface area contributed by atoms with Crippen molar-refractivity contribution in [1.29, 1.82) is 0 Å². The van der Waals surface area contributed by atoms with Gasteiger partial charge >= 0.3 is 6.18 Å². The van der Waals surface area contributed by atoms with Gasteiger partial charge in [0.05, 0.1) is 18.6 Å². The number of benzene rings is 2. The van der Waals surface area contributed by atoms with Gasteiger partial charge in [0.15, 0.2) is 18.1 Å². The minimum atomic E-state index is -4.64. The smallest absolute Gasteiger partial charge is 0.422 e. The zero-order valence-electron chi connectivity index (χ0n) is 17.5. The van der Waals surface area contributed by atoms with E-state index >= 15 is 0 Å². The number of nitrogens with one attached hydrogen (secondary N) is 2. The van der Waals surface area contributed by atoms with Crippen molar-refractivity contribution >= 4 is 17.5 Å². The van der Waals surface area contributed by atoms with Crippen molar-refractivity contribution in [3.05, 3.63) is 57.6 Å². The molecule has 0 unspecified atom stereocenters. The van der Waals surface area contributed by atoms with Crippen LogP contribution in [-0.2, 0) is 0 Å². The fourth-order valence-electron chi connectivity index (χ4n) is 2.50. The number of carbonyl (C=O) groups excluding carboxylic acids is 2. The number of alkyl halides is 3. The van der Waals surface area contributed by atoms with E-state index in [1.165, 1.54) is 25.3 Å². The average Bonchev–Trinajstić information content (AvgIpc) is 2.78. The summed E-state index contributed by atoms with van der Waals surface area (Å²) in [6, 6.07) is 6.78. The predicted octanol–water partition coefficient (Wildman–Crippen LogP) is 3.41. The van der Waals surface area contributed by atoms with Crippen molar-refractivity contribution in [1.82, 2.24) is 10.9 Å². The molecule has 0 saturated heterocycles. The molecule has 2 aromatic rings. The van der Waals surface area contributed by atoms with Crippen LogP contribution in [0.15, 0.2) is 36.4 Å². The van der Waals surface area contributed by atoms with Crippen molar-refractivity contribution in [2.45, 2.75) is 19.5 Å². The fourth-order valence-corrected chi connectivity index (χ4v) is 2.50. The molecule has 10 nitrogen and oxygen atoms in total. The highest BCUT2D eigenvalue weighted by atomic mass is 19.4. The number of nitrogens with zero attached hydrogens (tertiary/aromatic N) is 1. The van der Waals surface area contributed by atoms with Gasteiger partial charge < -0.3 is 14.2 Å². The van der Waals surface area contributed by atoms with Gasteiger partial charge in [0.2, 0.25) is 0 Å². The standard InChI is InChI=1S/C20H20F3N3O7/c1-3-8-32-16-7-4-12(9-17(16)31-2)18(27)24-25-19(28)14-10-13(33-11-20(21,22)23)5-6-15(14)26(29)30/h4-7,9-10H,3,8,11H2,1-2H3,(H,24,27)(H,25,28). The number of hydrazine groups is 1. The molecule has 33 heavy (non-hydrogen) atoms. The number of ether oxygens (including phenoxy) is 3. The lowest BCUT2D eigenvalue weighted by atomic mass is 10.1. The van der Waals surface area contributed by atoms with Gasteiger partial charge in [-0.15, -0.1) is 0 Å². The van der Waals surface area contributed by atoms with Crippen LogP contribution in [0.3, 0.4) is 0 Å². The number of methoxy groups -OCH3 is 1. The van der Waals surface area contributed by atoms with E-state index in [0.29, 0.717) is 12.4 Å². The van der Waals surface area contributed by atoms with Gasteiger partial charge in [-0.05, 0) is 36.8 Å². The first kappa shape index (κ1) is 25.2. The number of rotatable bonds is 9. The lowest BCUT2D eigenvalue weighted by Gasteiger charge is -2.13. The van der Waals surface area contributed by atoms with Crippen LogP contribution >= 0.6 is 0 Å². The molecule has 0 radical (unpaired) electrons. The average molecular weight is 471 g/mol. The molecule has 0 aliphatic heterocycles. The second kappa shape index (κ2) is 11.0. The van der Waals surface area contributed by atoms with E-state index in [1.807, 2.05) is 12.3 Å². The van der Waals surface area contributed by atoms with Crippen molar-refractivity contribution in [2.24, 2.45) is 0 Å². The third-order valence-corrected chi connectivity index (χ3v) is 3.99. The largest absolute Gasteiger partial charge is 0.493 e. The Bertz CT molecular complexity index is 1030. The molecule has 178 valence electrons. The van der Waals surface area contributed by atoms with Crippen molar-refractivity contribution in [2.75, 3.05) is 20.3 Å². The molecule has 0 atom stereocenters. The van der Waals surface area contributed by atoms with E-state index < -0.39 is 46.5 Å². The van der Waals surface area contributed by atoms with Gasteiger partial charge in [0.1, 0.15) is 11.3 Å². The van der Waals surface area contributed by atoms with Gasteiger partial charge in [-0.25, -0.2) is 0 Å². The van der Waals surface area contributed by atoms with E-state index in [-0.39, 0.29) is 11.3 Å². The Morgan fingerprint density at radius 2 is 1.73 bits per heavy atom. The van der Waals surface area contributed by atoms with E-state index in [4.69, 9.17) is 9.47 Å². The zero-order valence-corrected chi connectivity index (χ0v) is 17.5. The van der Waals surface area contributed by atoms with Crippen LogP contribution in [0.1, 0.15) is 34.1 Å². The Balaban J connectivity index is 2.14. The first-order chi connectivity index (χ1) is 15.6. The molecule has 2 rings (SSSR count). The number of amides is 2. The van der Waals surface area contributed by atoms with Crippen molar-refractivity contribution in [3.63, 3.8) is 0 Å². The number of nitro groups is 1. The second-order valence-corrected chi connectivity index (χ2v) is 6.46. The normalized spacial score (nSPS) is 10.8. The second-order valence-electron chi connectivity index (χ2n) is 6.46. The number of halogens is 3. The Morgan fingerprint density at radius 3 is 2.33 bits per heavy atom. The maximum absolute atomic E-state index is 12.4. The SMILES string of the molecule is CCCOc1ccc(C(=O)NNC(=O)c2cc(OCC(F)(F)F)ccc2[N+](=O)[O-])cc1OC. The molecule has 0 aromatic heterocycles. The first-order valence-electron chi connectivity index (χ1n) is 9.45. The van der Waals surface area contributed by atoms with Crippen LogP contribution in [-0.4, -0.2) is 43.2 Å². The van der Waals surface area contributed by atoms with Gasteiger partial charge in [-0.3, -0.25) is 30.6 Å². The van der Waals surface area contributed by atoms with Gasteiger partial charge in [-0.2, -0.15) is 13.2 Å². The Labute approximate surface area is 185 Å². The molecule has 0 saturated carbocycles. The Kier molecular flexibility index (Phi) is 8.42. The first-order valence-corrected chi connectivity index (χ1v) is 9.45. The maximum Gasteiger partial charge on any atom is 0.422 e. The predicted molar refractivity (Wildman–Crippen MR) is 108 cm³/mol. The number of carbonyl (C=O) groups is 2. The fraction of sp³-hybridized carbons (Fsp3) is 0.300. The van der Waals surface area contributed by atoms with Crippen molar-refractivity contribution < 1.29 is 41.9 Å². The number of hydrogen-bond donors (Lipinski definition) is 2. The van der Waals surface area contributed by atoms with Crippen LogP contribution in [0, 0.1) is 10.1 Å². The molecule has 2 amide bonds. The number of hydrogen-bond acceptors (Lipinski definition) is 7. The number of nitro benzene ring substituents is 1. The minimum absolute atomic E-state index is 0.0766. The summed E-state index contributed by atoms with van der Waals surface area (Å²) in [5.74, 6) is -1.65. The third kappa shape index (κ3) is 7.26. The third-order valence-electron chi connectivity index (χ3n) is 3.99. The topological polar surface area (TPSA) is 129 Å². The Morgan fingerprint density at radius 1 is 1.03 bits per heavy atom. The summed E-state index contributed by atoms with van der Waals surface area (Å²) in [4.78, 5) is 35.1. The summed E-state index contributed by atoms with van der Waals surface area (Å²) in [6.07, 6.45) is -3.89. The van der Waals surface area contributed by atoms with E-state index in [0.717, 1.165) is 24.6 Å². The molecule has 0 fully saturated rings. The highest BCUT2D eigenvalue weighted by molar-refractivity contribution is 6.01. The summed E-state index contributed by atoms with van der Waals surface area (Å²) in [7, 11) is 1.38. The molecule has 0 spiro atoms. The summed E-state index contributed by atoms with van der Waals surface area (Å²) >= 11 is 0. The van der Waals surface area contributed by atoms with Gasteiger partial charge in [-0.1, -0.05) is 6.92 Å². The molecule has 0 aliphatic carbocycles. The summed E-state index contributed by atoms with van der Waals surface area (Å²) in [5, 5.41) is 11.2. The lowest BCUT2D eigenvalue weighted by Crippen LogP contribution is -2.41. The van der Waals surface area contributed by atoms with Crippen LogP contribution < -0.4 is 25.1 Å². The quantitative estimate of drug-likeness (QED) is 0.424. The molecular formula is C20H20F3N3O7. The summed E-state index contributed by atoms with van der Waals surface area (Å²) in [6.45, 7) is 0.699. The summed E-state index contributed by atoms with van der Waals surface area (Å²) < 4.78 is 52.2. The van der Waals surface area contributed by atoms with E-state index in [9.17, 15) is 32.9 Å². The molecular weight excluding hydrogens is 451 g/mol. The monoisotopic (exact) mass is 471 g/mol.